The van der Waals surface area contributed by atoms with Gasteiger partial charge < -0.3 is 5.48 Å². The van der Waals surface area contributed by atoms with E-state index in [4.69, 9.17) is 10.5 Å². The van der Waals surface area contributed by atoms with E-state index in [1.807, 2.05) is 0 Å². The van der Waals surface area contributed by atoms with Gasteiger partial charge in [0, 0.05) is 25.3 Å². The van der Waals surface area contributed by atoms with Crippen molar-refractivity contribution in [1.82, 2.24) is 0 Å². The molecule has 0 amide bonds. The van der Waals surface area contributed by atoms with E-state index in [0.717, 1.165) is 44.1 Å². The van der Waals surface area contributed by atoms with E-state index in [2.05, 4.69) is 32.6 Å². The van der Waals surface area contributed by atoms with Crippen molar-refractivity contribution in [2.45, 2.75) is 104 Å². The minimum atomic E-state index is 0. The van der Waals surface area contributed by atoms with Gasteiger partial charge >= 0.3 is 18.9 Å². The zero-order valence-corrected chi connectivity index (χ0v) is 19.4. The van der Waals surface area contributed by atoms with Crippen molar-refractivity contribution >= 4 is 11.6 Å². The first kappa shape index (κ1) is 33.3. The summed E-state index contributed by atoms with van der Waals surface area (Å²) in [6.07, 6.45) is 17.1. The quantitative estimate of drug-likeness (QED) is 0.405. The molecule has 0 radical (unpaired) electrons. The number of hydrogen-bond donors (Lipinski definition) is 0. The van der Waals surface area contributed by atoms with Crippen LogP contribution >= 0.6 is 0 Å². The standard InChI is InChI=1S/C12H19NO.C11H18O.CHN.Li.H2O/c1-2-3-4-5-6-11-10(9-13)7-8-12(11)14;1-2-3-4-5-7-10-8-6-9-11(10)12;1-2;;/h10-11H,2-8H2,1H3;8H,2-7,9H2,1H3;1H;;1H2/q;;;+1;/p-1. The summed E-state index contributed by atoms with van der Waals surface area (Å²) in [6, 6.07) is 2.26. The smallest absolute Gasteiger partial charge is 0.870 e. The molecule has 164 valence electrons. The zero-order chi connectivity index (χ0) is 21.2. The molecule has 0 aromatic carbocycles. The van der Waals surface area contributed by atoms with Gasteiger partial charge in [-0.15, -0.1) is 0 Å². The third-order valence-corrected chi connectivity index (χ3v) is 5.56. The van der Waals surface area contributed by atoms with Crippen LogP contribution in [-0.4, -0.2) is 17.0 Å². The summed E-state index contributed by atoms with van der Waals surface area (Å²) < 4.78 is 0. The van der Waals surface area contributed by atoms with Gasteiger partial charge in [-0.05, 0) is 37.7 Å². The van der Waals surface area contributed by atoms with E-state index < -0.39 is 0 Å². The molecule has 1 saturated carbocycles. The number of unbranched alkanes of at least 4 members (excludes halogenated alkanes) is 6. The molecule has 30 heavy (non-hydrogen) atoms. The van der Waals surface area contributed by atoms with Crippen LogP contribution in [0.1, 0.15) is 104 Å². The Labute approximate surface area is 195 Å². The molecule has 5 nitrogen and oxygen atoms in total. The van der Waals surface area contributed by atoms with Gasteiger partial charge in [0.2, 0.25) is 0 Å². The number of allylic oxidation sites excluding steroid dienone is 2. The van der Waals surface area contributed by atoms with Crippen LogP contribution in [0.25, 0.3) is 0 Å². The summed E-state index contributed by atoms with van der Waals surface area (Å²) in [7, 11) is 0. The first-order valence-corrected chi connectivity index (χ1v) is 11.0. The van der Waals surface area contributed by atoms with Crippen LogP contribution in [0.5, 0.6) is 0 Å². The topological polar surface area (TPSA) is 112 Å². The second-order valence-electron chi connectivity index (χ2n) is 7.70. The Hall–Kier alpha value is -1.38. The molecule has 2 unspecified atom stereocenters. The number of carbonyl (C=O) groups excluding carboxylic acids is 2. The van der Waals surface area contributed by atoms with E-state index in [0.29, 0.717) is 18.0 Å². The average Bonchev–Trinajstić information content (AvgIpc) is 3.29. The Bertz CT molecular complexity index is 552. The van der Waals surface area contributed by atoms with Crippen molar-refractivity contribution in [3.63, 3.8) is 0 Å². The van der Waals surface area contributed by atoms with Gasteiger partial charge in [-0.2, -0.15) is 5.26 Å². The number of hydrogen-bond acceptors (Lipinski definition) is 5. The number of nitrogens with zero attached hydrogens (tertiary/aromatic N) is 2. The van der Waals surface area contributed by atoms with Gasteiger partial charge in [0.1, 0.15) is 5.78 Å². The van der Waals surface area contributed by atoms with Crippen molar-refractivity contribution in [3.05, 3.63) is 11.6 Å². The van der Waals surface area contributed by atoms with Crippen LogP contribution in [0, 0.1) is 35.0 Å². The maximum atomic E-state index is 11.5. The molecule has 1 N–H and O–H groups in total. The van der Waals surface area contributed by atoms with Gasteiger partial charge in [-0.3, -0.25) is 9.59 Å². The fourth-order valence-corrected chi connectivity index (χ4v) is 3.85. The average molecular weight is 411 g/mol. The molecule has 1 fully saturated rings. The van der Waals surface area contributed by atoms with Crippen molar-refractivity contribution in [2.24, 2.45) is 11.8 Å². The fraction of sp³-hybridized carbons (Fsp3) is 0.750. The van der Waals surface area contributed by atoms with E-state index in [9.17, 15) is 9.59 Å². The van der Waals surface area contributed by atoms with Gasteiger partial charge in [0.15, 0.2) is 5.78 Å². The fourth-order valence-electron chi connectivity index (χ4n) is 3.85. The predicted molar refractivity (Wildman–Crippen MR) is 115 cm³/mol. The maximum absolute atomic E-state index is 11.5. The Morgan fingerprint density at radius 3 is 2.10 bits per heavy atom. The molecule has 0 saturated heterocycles. The molecule has 2 aliphatic carbocycles. The Morgan fingerprint density at radius 2 is 1.60 bits per heavy atom. The SMILES string of the molecule is C#N.CCCCCCC1=CCCC1=O.CCCCCCC1C(=O)CCC1C#N.[Li+].[OH-]. The summed E-state index contributed by atoms with van der Waals surface area (Å²) >= 11 is 0. The predicted octanol–water partition coefficient (Wildman–Crippen LogP) is 3.29. The van der Waals surface area contributed by atoms with Crippen molar-refractivity contribution in [3.8, 4) is 12.6 Å². The monoisotopic (exact) mass is 410 g/mol. The third kappa shape index (κ3) is 13.8. The van der Waals surface area contributed by atoms with Crippen LogP contribution in [0.4, 0.5) is 0 Å². The van der Waals surface area contributed by atoms with Gasteiger partial charge in [0.05, 0.1) is 12.0 Å². The number of Topliss-reactive ketones (excluding diaryl/α,β-unsaturated/α-hetero) is 2. The van der Waals surface area contributed by atoms with Gasteiger partial charge in [-0.1, -0.05) is 64.9 Å². The van der Waals surface area contributed by atoms with Crippen LogP contribution < -0.4 is 18.9 Å². The van der Waals surface area contributed by atoms with Crippen molar-refractivity contribution < 1.29 is 33.9 Å². The number of nitriles is 2. The maximum Gasteiger partial charge on any atom is 1.00 e. The van der Waals surface area contributed by atoms with Crippen molar-refractivity contribution in [2.75, 3.05) is 0 Å². The summed E-state index contributed by atoms with van der Waals surface area (Å²) in [5.74, 6) is 0.806. The molecule has 2 atom stereocenters. The molecule has 0 bridgehead atoms. The molecule has 0 heterocycles. The minimum Gasteiger partial charge on any atom is -0.870 e. The summed E-state index contributed by atoms with van der Waals surface area (Å²) in [6.45, 7) is 7.89. The minimum absolute atomic E-state index is 0. The Balaban J connectivity index is -0.000000426. The molecule has 0 spiro atoms. The van der Waals surface area contributed by atoms with E-state index in [-0.39, 0.29) is 36.2 Å². The normalized spacial score (nSPS) is 19.1. The Kier molecular flexibility index (Phi) is 24.7. The van der Waals surface area contributed by atoms with Crippen LogP contribution in [0.3, 0.4) is 0 Å². The van der Waals surface area contributed by atoms with Crippen LogP contribution in [0.15, 0.2) is 11.6 Å². The van der Waals surface area contributed by atoms with Crippen molar-refractivity contribution in [1.29, 1.82) is 10.5 Å². The number of ketones is 2. The number of rotatable bonds is 10. The summed E-state index contributed by atoms with van der Waals surface area (Å²) in [5, 5.41) is 15.4. The molecule has 0 aromatic heterocycles. The molecule has 0 aliphatic heterocycles. The first-order valence-electron chi connectivity index (χ1n) is 11.0. The summed E-state index contributed by atoms with van der Waals surface area (Å²) in [4.78, 5) is 22.6. The third-order valence-electron chi connectivity index (χ3n) is 5.56. The summed E-state index contributed by atoms with van der Waals surface area (Å²) in [5.41, 5.74) is 1.10. The van der Waals surface area contributed by atoms with Crippen LogP contribution in [-0.2, 0) is 9.59 Å². The van der Waals surface area contributed by atoms with Gasteiger partial charge in [-0.25, -0.2) is 5.26 Å². The molecule has 2 aliphatic rings. The second kappa shape index (κ2) is 22.3. The Morgan fingerprint density at radius 1 is 1.00 bits per heavy atom. The second-order valence-corrected chi connectivity index (χ2v) is 7.70. The van der Waals surface area contributed by atoms with Crippen LogP contribution in [0.2, 0.25) is 0 Å². The van der Waals surface area contributed by atoms with E-state index >= 15 is 0 Å². The zero-order valence-electron chi connectivity index (χ0n) is 19.4. The molecule has 0 aromatic rings. The molecular formula is C24H39LiN2O3. The van der Waals surface area contributed by atoms with Gasteiger partial charge in [0.25, 0.3) is 0 Å². The van der Waals surface area contributed by atoms with E-state index in [1.165, 1.54) is 44.9 Å². The number of carbonyl (C=O) groups is 2. The largest absolute Gasteiger partial charge is 1.00 e. The first-order chi connectivity index (χ1) is 13.6. The molecule has 2 rings (SSSR count). The molecular weight excluding hydrogens is 371 g/mol. The molecule has 6 heteroatoms. The van der Waals surface area contributed by atoms with E-state index in [1.54, 1.807) is 0 Å².